The first-order chi connectivity index (χ1) is 8.87. The summed E-state index contributed by atoms with van der Waals surface area (Å²) in [7, 11) is 0. The highest BCUT2D eigenvalue weighted by atomic mass is 16.5. The molecule has 2 rings (SSSR count). The molecule has 5 nitrogen and oxygen atoms in total. The number of aromatic nitrogens is 1. The summed E-state index contributed by atoms with van der Waals surface area (Å²) in [4.78, 5) is 23.6. The highest BCUT2D eigenvalue weighted by Gasteiger charge is 2.33. The molecule has 2 heterocycles. The zero-order chi connectivity index (χ0) is 14.2. The van der Waals surface area contributed by atoms with Gasteiger partial charge in [-0.25, -0.2) is 4.79 Å². The second kappa shape index (κ2) is 4.81. The van der Waals surface area contributed by atoms with E-state index in [0.29, 0.717) is 24.5 Å². The molecule has 1 fully saturated rings. The van der Waals surface area contributed by atoms with E-state index in [0.717, 1.165) is 12.8 Å². The van der Waals surface area contributed by atoms with E-state index in [4.69, 9.17) is 4.74 Å². The van der Waals surface area contributed by atoms with Gasteiger partial charge in [0.1, 0.15) is 0 Å². The minimum Gasteiger partial charge on any atom is -0.478 e. The molecule has 0 saturated carbocycles. The molecule has 1 aromatic rings. The number of pyridine rings is 1. The van der Waals surface area contributed by atoms with Gasteiger partial charge in [0.2, 0.25) is 0 Å². The Morgan fingerprint density at radius 3 is 2.68 bits per heavy atom. The quantitative estimate of drug-likeness (QED) is 0.883. The largest absolute Gasteiger partial charge is 0.478 e. The van der Waals surface area contributed by atoms with Gasteiger partial charge in [0, 0.05) is 18.4 Å². The van der Waals surface area contributed by atoms with Crippen molar-refractivity contribution in [3.8, 4) is 0 Å². The monoisotopic (exact) mass is 265 g/mol. The standard InChI is InChI=1S/C14H19NO4/c1-9-7-11(16)15(10(2)12(9)13(17)18)14(3)5-4-6-19-8-14/h7H,4-6,8H2,1-3H3,(H,17,18). The van der Waals surface area contributed by atoms with Gasteiger partial charge >= 0.3 is 5.97 Å². The highest BCUT2D eigenvalue weighted by molar-refractivity contribution is 5.90. The number of carboxylic acids is 1. The lowest BCUT2D eigenvalue weighted by atomic mass is 9.92. The van der Waals surface area contributed by atoms with Gasteiger partial charge < -0.3 is 14.4 Å². The van der Waals surface area contributed by atoms with Crippen LogP contribution in [0.4, 0.5) is 0 Å². The van der Waals surface area contributed by atoms with Crippen LogP contribution in [-0.2, 0) is 10.3 Å². The summed E-state index contributed by atoms with van der Waals surface area (Å²) < 4.78 is 7.06. The SMILES string of the molecule is Cc1cc(=O)n(C2(C)CCCOC2)c(C)c1C(=O)O. The number of aryl methyl sites for hydroxylation is 1. The average molecular weight is 265 g/mol. The average Bonchev–Trinajstić information content (AvgIpc) is 2.27. The molecule has 1 atom stereocenters. The van der Waals surface area contributed by atoms with Crippen molar-refractivity contribution in [3.63, 3.8) is 0 Å². The van der Waals surface area contributed by atoms with Gasteiger partial charge in [-0.1, -0.05) is 0 Å². The van der Waals surface area contributed by atoms with E-state index in [-0.39, 0.29) is 11.1 Å². The van der Waals surface area contributed by atoms with Crippen molar-refractivity contribution in [2.75, 3.05) is 13.2 Å². The lowest BCUT2D eigenvalue weighted by Gasteiger charge is -2.37. The predicted molar refractivity (Wildman–Crippen MR) is 70.8 cm³/mol. The van der Waals surface area contributed by atoms with Crippen LogP contribution in [0.25, 0.3) is 0 Å². The number of hydrogen-bond donors (Lipinski definition) is 1. The second-order valence-electron chi connectivity index (χ2n) is 5.42. The summed E-state index contributed by atoms with van der Waals surface area (Å²) in [5, 5.41) is 9.30. The van der Waals surface area contributed by atoms with E-state index in [2.05, 4.69) is 0 Å². The van der Waals surface area contributed by atoms with Crippen LogP contribution in [0.3, 0.4) is 0 Å². The molecular weight excluding hydrogens is 246 g/mol. The number of carboxylic acid groups (broad SMARTS) is 1. The minimum absolute atomic E-state index is 0.159. The summed E-state index contributed by atoms with van der Waals surface area (Å²) in [6, 6.07) is 1.40. The summed E-state index contributed by atoms with van der Waals surface area (Å²) in [5.74, 6) is -0.996. The van der Waals surface area contributed by atoms with E-state index in [1.54, 1.807) is 18.4 Å². The lowest BCUT2D eigenvalue weighted by Crippen LogP contribution is -2.46. The molecule has 1 N–H and O–H groups in total. The van der Waals surface area contributed by atoms with Crippen molar-refractivity contribution in [1.29, 1.82) is 0 Å². The van der Waals surface area contributed by atoms with Gasteiger partial charge in [-0.15, -0.1) is 0 Å². The minimum atomic E-state index is -0.996. The van der Waals surface area contributed by atoms with Crippen molar-refractivity contribution in [2.45, 2.75) is 39.2 Å². The van der Waals surface area contributed by atoms with Gasteiger partial charge in [-0.3, -0.25) is 4.79 Å². The number of ether oxygens (including phenoxy) is 1. The second-order valence-corrected chi connectivity index (χ2v) is 5.42. The van der Waals surface area contributed by atoms with E-state index in [1.807, 2.05) is 6.92 Å². The zero-order valence-corrected chi connectivity index (χ0v) is 11.5. The fraction of sp³-hybridized carbons (Fsp3) is 0.571. The highest BCUT2D eigenvalue weighted by Crippen LogP contribution is 2.28. The maximum absolute atomic E-state index is 12.3. The molecular formula is C14H19NO4. The Hall–Kier alpha value is -1.62. The maximum atomic E-state index is 12.3. The molecule has 0 spiro atoms. The molecule has 19 heavy (non-hydrogen) atoms. The molecule has 1 aromatic heterocycles. The molecule has 0 aromatic carbocycles. The van der Waals surface area contributed by atoms with Gasteiger partial charge in [0.25, 0.3) is 5.56 Å². The first-order valence-corrected chi connectivity index (χ1v) is 6.41. The fourth-order valence-electron chi connectivity index (χ4n) is 2.97. The van der Waals surface area contributed by atoms with Crippen LogP contribution < -0.4 is 5.56 Å². The van der Waals surface area contributed by atoms with Crippen molar-refractivity contribution < 1.29 is 14.6 Å². The molecule has 1 unspecified atom stereocenters. The molecule has 1 saturated heterocycles. The predicted octanol–water partition coefficient (Wildman–Crippen LogP) is 1.69. The number of nitrogens with zero attached hydrogens (tertiary/aromatic N) is 1. The third-order valence-corrected chi connectivity index (χ3v) is 3.82. The molecule has 0 radical (unpaired) electrons. The number of aromatic carboxylic acids is 1. The van der Waals surface area contributed by atoms with Crippen molar-refractivity contribution in [2.24, 2.45) is 0 Å². The topological polar surface area (TPSA) is 68.5 Å². The normalized spacial score (nSPS) is 23.3. The fourth-order valence-corrected chi connectivity index (χ4v) is 2.97. The van der Waals surface area contributed by atoms with E-state index in [1.165, 1.54) is 6.07 Å². The third-order valence-electron chi connectivity index (χ3n) is 3.82. The Labute approximate surface area is 111 Å². The Bertz CT molecular complexity index is 568. The van der Waals surface area contributed by atoms with Crippen LogP contribution in [0.2, 0.25) is 0 Å². The van der Waals surface area contributed by atoms with Crippen LogP contribution in [0.15, 0.2) is 10.9 Å². The Morgan fingerprint density at radius 2 is 2.16 bits per heavy atom. The lowest BCUT2D eigenvalue weighted by molar-refractivity contribution is 0.00666. The summed E-state index contributed by atoms with van der Waals surface area (Å²) >= 11 is 0. The summed E-state index contributed by atoms with van der Waals surface area (Å²) in [6.07, 6.45) is 1.69. The maximum Gasteiger partial charge on any atom is 0.337 e. The van der Waals surface area contributed by atoms with Gasteiger partial charge in [-0.05, 0) is 39.2 Å². The number of carbonyl (C=O) groups is 1. The van der Waals surface area contributed by atoms with Crippen molar-refractivity contribution >= 4 is 5.97 Å². The molecule has 1 aliphatic heterocycles. The van der Waals surface area contributed by atoms with Gasteiger partial charge in [0.15, 0.2) is 0 Å². The summed E-state index contributed by atoms with van der Waals surface area (Å²) in [5.41, 5.74) is 0.605. The molecule has 1 aliphatic rings. The van der Waals surface area contributed by atoms with E-state index < -0.39 is 11.5 Å². The van der Waals surface area contributed by atoms with Crippen molar-refractivity contribution in [1.82, 2.24) is 4.57 Å². The number of rotatable bonds is 2. The van der Waals surface area contributed by atoms with Crippen LogP contribution in [0, 0.1) is 13.8 Å². The smallest absolute Gasteiger partial charge is 0.337 e. The summed E-state index contributed by atoms with van der Waals surface area (Å²) in [6.45, 7) is 6.43. The van der Waals surface area contributed by atoms with Crippen LogP contribution in [-0.4, -0.2) is 28.9 Å². The first-order valence-electron chi connectivity index (χ1n) is 6.41. The van der Waals surface area contributed by atoms with E-state index >= 15 is 0 Å². The zero-order valence-electron chi connectivity index (χ0n) is 11.5. The third kappa shape index (κ3) is 2.30. The van der Waals surface area contributed by atoms with Crippen LogP contribution >= 0.6 is 0 Å². The Morgan fingerprint density at radius 1 is 1.47 bits per heavy atom. The number of hydrogen-bond acceptors (Lipinski definition) is 3. The van der Waals surface area contributed by atoms with Gasteiger partial charge in [-0.2, -0.15) is 0 Å². The molecule has 0 bridgehead atoms. The first kappa shape index (κ1) is 13.8. The van der Waals surface area contributed by atoms with Crippen LogP contribution in [0.5, 0.6) is 0 Å². The Balaban J connectivity index is 2.66. The molecule has 0 amide bonds. The molecule has 0 aliphatic carbocycles. The Kier molecular flexibility index (Phi) is 3.49. The molecule has 5 heteroatoms. The van der Waals surface area contributed by atoms with Gasteiger partial charge in [0.05, 0.1) is 17.7 Å². The van der Waals surface area contributed by atoms with E-state index in [9.17, 15) is 14.7 Å². The van der Waals surface area contributed by atoms with Crippen molar-refractivity contribution in [3.05, 3.63) is 33.2 Å². The molecule has 104 valence electrons. The van der Waals surface area contributed by atoms with Crippen LogP contribution in [0.1, 0.15) is 41.4 Å².